The van der Waals surface area contributed by atoms with Gasteiger partial charge in [-0.3, -0.25) is 0 Å². The second kappa shape index (κ2) is 9.95. The minimum Gasteiger partial charge on any atom is -0.488 e. The van der Waals surface area contributed by atoms with E-state index in [1.165, 1.54) is 22.4 Å². The first kappa shape index (κ1) is 21.3. The third kappa shape index (κ3) is 5.09. The van der Waals surface area contributed by atoms with E-state index >= 15 is 0 Å². The van der Waals surface area contributed by atoms with Gasteiger partial charge in [-0.1, -0.05) is 41.9 Å². The molecule has 0 unspecified atom stereocenters. The third-order valence-corrected chi connectivity index (χ3v) is 6.61. The molecule has 0 spiro atoms. The Balaban J connectivity index is 1.28. The maximum Gasteiger partial charge on any atom is 0.124 e. The molecular weight excluding hydrogens is 420 g/mol. The first-order valence-corrected chi connectivity index (χ1v) is 11.8. The summed E-state index contributed by atoms with van der Waals surface area (Å²) in [7, 11) is 0. The van der Waals surface area contributed by atoms with Crippen LogP contribution in [0, 0.1) is 0 Å². The number of ether oxygens (including phenoxy) is 2. The molecule has 0 aromatic heterocycles. The van der Waals surface area contributed by atoms with E-state index < -0.39 is 0 Å². The number of hydrogen-bond donors (Lipinski definition) is 1. The summed E-state index contributed by atoms with van der Waals surface area (Å²) in [5, 5.41) is 4.21. The molecule has 3 aromatic carbocycles. The average molecular weight is 449 g/mol. The number of nitrogens with zero attached hydrogens (tertiary/aromatic N) is 1. The Labute approximate surface area is 195 Å². The van der Waals surface area contributed by atoms with E-state index in [2.05, 4.69) is 58.7 Å². The lowest BCUT2D eigenvalue weighted by molar-refractivity contribution is 0.141. The number of halogens is 1. The topological polar surface area (TPSA) is 33.7 Å². The second-order valence-corrected chi connectivity index (χ2v) is 8.92. The van der Waals surface area contributed by atoms with Crippen LogP contribution in [0.4, 0.5) is 5.69 Å². The summed E-state index contributed by atoms with van der Waals surface area (Å²) in [4.78, 5) is 2.43. The fourth-order valence-corrected chi connectivity index (χ4v) is 4.57. The molecule has 5 heteroatoms. The second-order valence-electron chi connectivity index (χ2n) is 8.51. The monoisotopic (exact) mass is 448 g/mol. The van der Waals surface area contributed by atoms with Crippen LogP contribution in [0.25, 0.3) is 11.1 Å². The van der Waals surface area contributed by atoms with Gasteiger partial charge in [0.1, 0.15) is 11.9 Å². The molecule has 0 saturated carbocycles. The first-order chi connectivity index (χ1) is 15.7. The van der Waals surface area contributed by atoms with Crippen LogP contribution in [0.5, 0.6) is 5.75 Å². The molecule has 3 aromatic rings. The summed E-state index contributed by atoms with van der Waals surface area (Å²) in [6.07, 6.45) is 1.92. The van der Waals surface area contributed by atoms with Crippen molar-refractivity contribution >= 4 is 17.3 Å². The minimum absolute atomic E-state index is 0.171. The van der Waals surface area contributed by atoms with Crippen molar-refractivity contribution in [2.24, 2.45) is 0 Å². The van der Waals surface area contributed by atoms with Gasteiger partial charge >= 0.3 is 0 Å². The summed E-state index contributed by atoms with van der Waals surface area (Å²) < 4.78 is 11.4. The molecular formula is C27H29ClN2O2. The summed E-state index contributed by atoms with van der Waals surface area (Å²) in [5.74, 6) is 0.897. The van der Waals surface area contributed by atoms with Crippen LogP contribution in [0.3, 0.4) is 0 Å². The number of anilines is 1. The first-order valence-electron chi connectivity index (χ1n) is 11.4. The van der Waals surface area contributed by atoms with Crippen molar-refractivity contribution in [3.8, 4) is 16.9 Å². The standard InChI is InChI=1S/C27H29ClN2O2/c28-27-10-5-22(21-3-6-24(7-4-21)30-14-12-29-13-15-30)18-23(27)17-20-1-8-25(9-2-20)32-26-11-16-31-19-26/h1-10,18,26,29H,11-17,19H2/t26-/m0/s1. The predicted molar refractivity (Wildman–Crippen MR) is 131 cm³/mol. The van der Waals surface area contributed by atoms with Crippen LogP contribution in [-0.2, 0) is 11.2 Å². The SMILES string of the molecule is Clc1ccc(-c2ccc(N3CCNCC3)cc2)cc1Cc1ccc(O[C@H]2CCOC2)cc1. The minimum atomic E-state index is 0.171. The zero-order valence-corrected chi connectivity index (χ0v) is 19.0. The largest absolute Gasteiger partial charge is 0.488 e. The van der Waals surface area contributed by atoms with E-state index in [1.807, 2.05) is 18.2 Å². The molecule has 2 saturated heterocycles. The van der Waals surface area contributed by atoms with Crippen molar-refractivity contribution in [2.45, 2.75) is 18.9 Å². The van der Waals surface area contributed by atoms with Gasteiger partial charge in [0.05, 0.1) is 13.2 Å². The summed E-state index contributed by atoms with van der Waals surface area (Å²) in [5.41, 5.74) is 6.04. The normalized spacial score (nSPS) is 18.7. The predicted octanol–water partition coefficient (Wildman–Crippen LogP) is 5.18. The molecule has 2 aliphatic heterocycles. The number of piperazine rings is 1. The molecule has 2 aliphatic rings. The molecule has 4 nitrogen and oxygen atoms in total. The Morgan fingerprint density at radius 2 is 1.69 bits per heavy atom. The molecule has 1 atom stereocenters. The van der Waals surface area contributed by atoms with Crippen LogP contribution in [0.1, 0.15) is 17.5 Å². The molecule has 0 radical (unpaired) electrons. The van der Waals surface area contributed by atoms with Crippen LogP contribution < -0.4 is 15.0 Å². The molecule has 2 fully saturated rings. The lowest BCUT2D eigenvalue weighted by atomic mass is 9.98. The van der Waals surface area contributed by atoms with Gasteiger partial charge in [0.2, 0.25) is 0 Å². The Hall–Kier alpha value is -2.53. The van der Waals surface area contributed by atoms with Crippen molar-refractivity contribution in [2.75, 3.05) is 44.3 Å². The zero-order chi connectivity index (χ0) is 21.8. The molecule has 2 heterocycles. The highest BCUT2D eigenvalue weighted by Crippen LogP contribution is 2.29. The van der Waals surface area contributed by atoms with Crippen LogP contribution in [0.2, 0.25) is 5.02 Å². The molecule has 32 heavy (non-hydrogen) atoms. The summed E-state index contributed by atoms with van der Waals surface area (Å²) in [6.45, 7) is 5.68. The quantitative estimate of drug-likeness (QED) is 0.563. The smallest absolute Gasteiger partial charge is 0.124 e. The lowest BCUT2D eigenvalue weighted by Crippen LogP contribution is -2.43. The Morgan fingerprint density at radius 3 is 2.41 bits per heavy atom. The van der Waals surface area contributed by atoms with Crippen LogP contribution in [-0.4, -0.2) is 45.5 Å². The van der Waals surface area contributed by atoms with Gasteiger partial charge in [0, 0.05) is 43.3 Å². The van der Waals surface area contributed by atoms with Gasteiger partial charge in [-0.05, 0) is 65.1 Å². The van der Waals surface area contributed by atoms with E-state index in [0.29, 0.717) is 6.61 Å². The Morgan fingerprint density at radius 1 is 0.938 bits per heavy atom. The van der Waals surface area contributed by atoms with Crippen molar-refractivity contribution < 1.29 is 9.47 Å². The van der Waals surface area contributed by atoms with Crippen LogP contribution in [0.15, 0.2) is 66.7 Å². The third-order valence-electron chi connectivity index (χ3n) is 6.24. The highest BCUT2D eigenvalue weighted by Gasteiger charge is 2.17. The molecule has 166 valence electrons. The number of rotatable bonds is 6. The molecule has 0 aliphatic carbocycles. The molecule has 0 bridgehead atoms. The maximum absolute atomic E-state index is 6.55. The van der Waals surface area contributed by atoms with Crippen molar-refractivity contribution in [3.63, 3.8) is 0 Å². The fourth-order valence-electron chi connectivity index (χ4n) is 4.38. The average Bonchev–Trinajstić information content (AvgIpc) is 3.36. The Bertz CT molecular complexity index is 1020. The van der Waals surface area contributed by atoms with Crippen molar-refractivity contribution in [1.29, 1.82) is 0 Å². The van der Waals surface area contributed by atoms with Gasteiger partial charge in [-0.15, -0.1) is 0 Å². The van der Waals surface area contributed by atoms with E-state index in [1.54, 1.807) is 0 Å². The number of benzene rings is 3. The highest BCUT2D eigenvalue weighted by atomic mass is 35.5. The highest BCUT2D eigenvalue weighted by molar-refractivity contribution is 6.31. The number of hydrogen-bond acceptors (Lipinski definition) is 4. The lowest BCUT2D eigenvalue weighted by Gasteiger charge is -2.29. The van der Waals surface area contributed by atoms with Gasteiger partial charge < -0.3 is 19.7 Å². The van der Waals surface area contributed by atoms with Gasteiger partial charge in [0.15, 0.2) is 0 Å². The summed E-state index contributed by atoms with van der Waals surface area (Å²) in [6, 6.07) is 23.5. The van der Waals surface area contributed by atoms with Gasteiger partial charge in [0.25, 0.3) is 0 Å². The fraction of sp³-hybridized carbons (Fsp3) is 0.333. The van der Waals surface area contributed by atoms with E-state index in [0.717, 1.165) is 62.0 Å². The molecule has 1 N–H and O–H groups in total. The zero-order valence-electron chi connectivity index (χ0n) is 18.2. The van der Waals surface area contributed by atoms with Crippen molar-refractivity contribution in [1.82, 2.24) is 5.32 Å². The molecule has 5 rings (SSSR count). The van der Waals surface area contributed by atoms with Gasteiger partial charge in [-0.2, -0.15) is 0 Å². The molecule has 0 amide bonds. The van der Waals surface area contributed by atoms with Crippen molar-refractivity contribution in [3.05, 3.63) is 82.9 Å². The Kier molecular flexibility index (Phi) is 6.63. The maximum atomic E-state index is 6.55. The van der Waals surface area contributed by atoms with Gasteiger partial charge in [-0.25, -0.2) is 0 Å². The number of nitrogens with one attached hydrogen (secondary N) is 1. The summed E-state index contributed by atoms with van der Waals surface area (Å²) >= 11 is 6.55. The van der Waals surface area contributed by atoms with E-state index in [9.17, 15) is 0 Å². The van der Waals surface area contributed by atoms with E-state index in [4.69, 9.17) is 21.1 Å². The van der Waals surface area contributed by atoms with E-state index in [-0.39, 0.29) is 6.10 Å². The van der Waals surface area contributed by atoms with Crippen LogP contribution >= 0.6 is 11.6 Å².